The molecular formula is C18H26N2O3. The van der Waals surface area contributed by atoms with Gasteiger partial charge in [0.15, 0.2) is 0 Å². The molecule has 2 N–H and O–H groups in total. The molecule has 1 aromatic rings. The van der Waals surface area contributed by atoms with Crippen LogP contribution in [0.3, 0.4) is 0 Å². The van der Waals surface area contributed by atoms with Crippen molar-refractivity contribution >= 4 is 0 Å². The smallest absolute Gasteiger partial charge is 0.119 e. The number of β-amino-alcohol motifs (C(OH)–C–C–N with tert-alkyl or cyclic N) is 1. The van der Waals surface area contributed by atoms with Crippen LogP contribution in [0.25, 0.3) is 0 Å². The van der Waals surface area contributed by atoms with E-state index in [1.165, 1.54) is 6.42 Å². The second-order valence-electron chi connectivity index (χ2n) is 6.10. The minimum absolute atomic E-state index is 0.197. The molecule has 5 heteroatoms. The number of nitriles is 1. The summed E-state index contributed by atoms with van der Waals surface area (Å²) < 4.78 is 5.63. The molecule has 1 aromatic carbocycles. The van der Waals surface area contributed by atoms with Crippen molar-refractivity contribution in [3.8, 4) is 11.8 Å². The summed E-state index contributed by atoms with van der Waals surface area (Å²) in [5, 5.41) is 28.0. The highest BCUT2D eigenvalue weighted by atomic mass is 16.5. The molecule has 0 radical (unpaired) electrons. The van der Waals surface area contributed by atoms with Gasteiger partial charge in [0.05, 0.1) is 12.5 Å². The van der Waals surface area contributed by atoms with Crippen molar-refractivity contribution < 1.29 is 14.9 Å². The molecule has 1 aliphatic heterocycles. The molecule has 23 heavy (non-hydrogen) atoms. The number of aliphatic hydroxyl groups excluding tert-OH is 2. The van der Waals surface area contributed by atoms with E-state index in [0.717, 1.165) is 31.4 Å². The molecule has 0 amide bonds. The number of hydrogen-bond donors (Lipinski definition) is 2. The van der Waals surface area contributed by atoms with E-state index in [-0.39, 0.29) is 13.2 Å². The van der Waals surface area contributed by atoms with E-state index in [9.17, 15) is 5.11 Å². The van der Waals surface area contributed by atoms with Gasteiger partial charge in [-0.2, -0.15) is 5.26 Å². The maximum Gasteiger partial charge on any atom is 0.119 e. The zero-order valence-corrected chi connectivity index (χ0v) is 13.5. The molecule has 1 saturated heterocycles. The predicted octanol–water partition coefficient (Wildman–Crippen LogP) is 1.73. The number of benzene rings is 1. The van der Waals surface area contributed by atoms with Gasteiger partial charge in [-0.05, 0) is 43.5 Å². The van der Waals surface area contributed by atoms with Gasteiger partial charge >= 0.3 is 0 Å². The molecular weight excluding hydrogens is 292 g/mol. The van der Waals surface area contributed by atoms with Crippen LogP contribution in [0.1, 0.15) is 31.2 Å². The summed E-state index contributed by atoms with van der Waals surface area (Å²) in [5.74, 6) is 0.705. The average molecular weight is 318 g/mol. The van der Waals surface area contributed by atoms with E-state index >= 15 is 0 Å². The third-order valence-corrected chi connectivity index (χ3v) is 4.31. The molecule has 0 unspecified atom stereocenters. The highest BCUT2D eigenvalue weighted by Crippen LogP contribution is 2.20. The molecule has 0 aromatic heterocycles. The maximum absolute atomic E-state index is 10.2. The normalized spacial score (nSPS) is 20.0. The summed E-state index contributed by atoms with van der Waals surface area (Å²) in [5.41, 5.74) is 0.959. The van der Waals surface area contributed by atoms with Gasteiger partial charge in [-0.3, -0.25) is 4.90 Å². The third kappa shape index (κ3) is 5.83. The van der Waals surface area contributed by atoms with Gasteiger partial charge in [-0.25, -0.2) is 0 Å². The number of ether oxygens (including phenoxy) is 1. The second-order valence-corrected chi connectivity index (χ2v) is 6.10. The fraction of sp³-hybridized carbons (Fsp3) is 0.611. The van der Waals surface area contributed by atoms with E-state index < -0.39 is 6.10 Å². The largest absolute Gasteiger partial charge is 0.491 e. The third-order valence-electron chi connectivity index (χ3n) is 4.31. The lowest BCUT2D eigenvalue weighted by Gasteiger charge is -2.36. The lowest BCUT2D eigenvalue weighted by Crippen LogP contribution is -2.45. The van der Waals surface area contributed by atoms with Gasteiger partial charge in [0.25, 0.3) is 0 Å². The van der Waals surface area contributed by atoms with E-state index in [4.69, 9.17) is 15.1 Å². The van der Waals surface area contributed by atoms with Crippen molar-refractivity contribution in [2.45, 2.75) is 44.2 Å². The van der Waals surface area contributed by atoms with Gasteiger partial charge in [-0.1, -0.05) is 18.6 Å². The highest BCUT2D eigenvalue weighted by molar-refractivity contribution is 5.28. The molecule has 1 heterocycles. The minimum atomic E-state index is -0.548. The van der Waals surface area contributed by atoms with Crippen LogP contribution in [0, 0.1) is 11.3 Å². The summed E-state index contributed by atoms with van der Waals surface area (Å²) in [7, 11) is 0. The monoisotopic (exact) mass is 318 g/mol. The van der Waals surface area contributed by atoms with Gasteiger partial charge in [0.2, 0.25) is 0 Å². The Morgan fingerprint density at radius 2 is 2.09 bits per heavy atom. The molecule has 0 spiro atoms. The van der Waals surface area contributed by atoms with Crippen molar-refractivity contribution in [3.63, 3.8) is 0 Å². The topological polar surface area (TPSA) is 76.7 Å². The molecule has 126 valence electrons. The summed E-state index contributed by atoms with van der Waals surface area (Å²) in [6, 6.07) is 9.87. The highest BCUT2D eigenvalue weighted by Gasteiger charge is 2.24. The molecule has 2 rings (SSSR count). The molecule has 0 aliphatic carbocycles. The number of nitrogens with zero attached hydrogens (tertiary/aromatic N) is 2. The molecule has 1 aliphatic rings. The maximum atomic E-state index is 10.2. The Morgan fingerprint density at radius 3 is 2.78 bits per heavy atom. The number of piperidine rings is 1. The van der Waals surface area contributed by atoms with Crippen LogP contribution in [-0.2, 0) is 6.42 Å². The lowest BCUT2D eigenvalue weighted by atomic mass is 9.99. The van der Waals surface area contributed by atoms with Crippen LogP contribution >= 0.6 is 0 Å². The van der Waals surface area contributed by atoms with Gasteiger partial charge in [-0.15, -0.1) is 0 Å². The van der Waals surface area contributed by atoms with E-state index in [2.05, 4.69) is 11.0 Å². The van der Waals surface area contributed by atoms with Crippen LogP contribution in [0.2, 0.25) is 0 Å². The average Bonchev–Trinajstić information content (AvgIpc) is 2.57. The molecule has 0 bridgehead atoms. The van der Waals surface area contributed by atoms with Crippen molar-refractivity contribution in [2.24, 2.45) is 0 Å². The molecule has 0 saturated carbocycles. The van der Waals surface area contributed by atoms with Crippen molar-refractivity contribution in [3.05, 3.63) is 29.8 Å². The van der Waals surface area contributed by atoms with E-state index in [0.29, 0.717) is 24.8 Å². The SMILES string of the molecule is N#CCc1ccc(OC[C@H](O)CN2CCCC[C@H]2CCO)cc1. The van der Waals surface area contributed by atoms with Gasteiger partial charge in [0.1, 0.15) is 18.5 Å². The standard InChI is InChI=1S/C18H26N2O3/c19-10-8-15-4-6-18(7-5-15)23-14-17(22)13-20-11-2-1-3-16(20)9-12-21/h4-7,16-17,21-22H,1-3,8-9,11-14H2/t16-,17+/m0/s1. The predicted molar refractivity (Wildman–Crippen MR) is 88.2 cm³/mol. The Bertz CT molecular complexity index is 496. The Kier molecular flexibility index (Phi) is 7.34. The summed E-state index contributed by atoms with van der Waals surface area (Å²) >= 11 is 0. The van der Waals surface area contributed by atoms with Crippen molar-refractivity contribution in [2.75, 3.05) is 26.3 Å². The van der Waals surface area contributed by atoms with Crippen LogP contribution in [0.15, 0.2) is 24.3 Å². The summed E-state index contributed by atoms with van der Waals surface area (Å²) in [6.45, 7) is 2.00. The van der Waals surface area contributed by atoms with Crippen LogP contribution in [0.5, 0.6) is 5.75 Å². The molecule has 5 nitrogen and oxygen atoms in total. The zero-order valence-electron chi connectivity index (χ0n) is 13.5. The number of aliphatic hydroxyl groups is 2. The number of rotatable bonds is 8. The summed E-state index contributed by atoms with van der Waals surface area (Å²) in [6.07, 6.45) is 4.05. The first-order valence-electron chi connectivity index (χ1n) is 8.34. The van der Waals surface area contributed by atoms with Crippen molar-refractivity contribution in [1.29, 1.82) is 5.26 Å². The summed E-state index contributed by atoms with van der Waals surface area (Å²) in [4.78, 5) is 2.27. The Labute approximate surface area is 138 Å². The van der Waals surface area contributed by atoms with Crippen LogP contribution in [-0.4, -0.2) is 53.6 Å². The Morgan fingerprint density at radius 1 is 1.30 bits per heavy atom. The Balaban J connectivity index is 1.77. The van der Waals surface area contributed by atoms with Gasteiger partial charge in [0, 0.05) is 19.2 Å². The first-order valence-corrected chi connectivity index (χ1v) is 8.34. The quantitative estimate of drug-likeness (QED) is 0.763. The van der Waals surface area contributed by atoms with Crippen LogP contribution in [0.4, 0.5) is 0 Å². The van der Waals surface area contributed by atoms with Crippen LogP contribution < -0.4 is 4.74 Å². The van der Waals surface area contributed by atoms with Gasteiger partial charge < -0.3 is 14.9 Å². The fourth-order valence-electron chi connectivity index (χ4n) is 3.09. The Hall–Kier alpha value is -1.61. The first kappa shape index (κ1) is 17.7. The zero-order chi connectivity index (χ0) is 16.5. The molecule has 2 atom stereocenters. The van der Waals surface area contributed by atoms with E-state index in [1.54, 1.807) is 0 Å². The minimum Gasteiger partial charge on any atom is -0.491 e. The fourth-order valence-corrected chi connectivity index (χ4v) is 3.09. The molecule has 1 fully saturated rings. The van der Waals surface area contributed by atoms with Crippen molar-refractivity contribution in [1.82, 2.24) is 4.90 Å². The lowest BCUT2D eigenvalue weighted by molar-refractivity contribution is 0.0332. The second kappa shape index (κ2) is 9.51. The number of likely N-dealkylation sites (tertiary alicyclic amines) is 1. The number of hydrogen-bond acceptors (Lipinski definition) is 5. The first-order chi connectivity index (χ1) is 11.2. The van der Waals surface area contributed by atoms with E-state index in [1.807, 2.05) is 24.3 Å².